The van der Waals surface area contributed by atoms with Crippen molar-refractivity contribution in [2.75, 3.05) is 26.2 Å². The molecule has 2 atom stereocenters. The number of carbonyl (C=O) groups excluding carboxylic acids is 4. The van der Waals surface area contributed by atoms with Crippen molar-refractivity contribution in [2.24, 2.45) is 17.2 Å². The van der Waals surface area contributed by atoms with Crippen LogP contribution in [0, 0.1) is 10.8 Å². The summed E-state index contributed by atoms with van der Waals surface area (Å²) in [6, 6.07) is -1.88. The fraction of sp³-hybridized carbons (Fsp3) is 0.625. The Morgan fingerprint density at radius 3 is 1.93 bits per heavy atom. The van der Waals surface area contributed by atoms with E-state index in [0.717, 1.165) is 0 Å². The first-order chi connectivity index (χ1) is 14.2. The van der Waals surface area contributed by atoms with E-state index in [4.69, 9.17) is 28.0 Å². The van der Waals surface area contributed by atoms with Gasteiger partial charge in [0.15, 0.2) is 11.9 Å². The van der Waals surface area contributed by atoms with E-state index in [1.54, 1.807) is 6.29 Å². The Hall–Kier alpha value is -3.42. The average molecular weight is 427 g/mol. The lowest BCUT2D eigenvalue weighted by Gasteiger charge is -2.21. The maximum atomic E-state index is 12.5. The van der Waals surface area contributed by atoms with Crippen LogP contribution in [-0.2, 0) is 19.2 Å². The molecule has 0 saturated heterocycles. The predicted octanol–water partition coefficient (Wildman–Crippen LogP) is -4.33. The summed E-state index contributed by atoms with van der Waals surface area (Å²) < 4.78 is 0. The SMILES string of the molecule is N=C(N)NCCC[C@@H]([C]=O)NC(=O)[C@H](CCCNC(=N)N)NC(=O)CNC(=O)CN. The van der Waals surface area contributed by atoms with Crippen LogP contribution in [0.4, 0.5) is 0 Å². The predicted molar refractivity (Wildman–Crippen MR) is 110 cm³/mol. The van der Waals surface area contributed by atoms with Gasteiger partial charge < -0.3 is 43.8 Å². The van der Waals surface area contributed by atoms with Crippen LogP contribution in [0.25, 0.3) is 0 Å². The van der Waals surface area contributed by atoms with Crippen LogP contribution in [0.1, 0.15) is 25.7 Å². The molecule has 0 aromatic heterocycles. The molecule has 0 rings (SSSR count). The monoisotopic (exact) mass is 427 g/mol. The summed E-state index contributed by atoms with van der Waals surface area (Å²) in [4.78, 5) is 46.9. The van der Waals surface area contributed by atoms with E-state index in [1.807, 2.05) is 0 Å². The number of carbonyl (C=O) groups is 3. The standard InChI is InChI=1S/C16H31N10O4/c17-7-12(28)24-8-13(29)26-11(4-2-6-23-16(20)21)14(30)25-10(9-27)3-1-5-22-15(18)19/h10-11H,1-8,17H2,(H,24,28)(H,25,30)(H,26,29)(H4,18,19,22)(H4,20,21,23)/t10-,11-/m0/s1. The van der Waals surface area contributed by atoms with E-state index in [9.17, 15) is 19.2 Å². The van der Waals surface area contributed by atoms with Gasteiger partial charge in [-0.1, -0.05) is 0 Å². The number of rotatable bonds is 15. The molecule has 0 saturated carbocycles. The molecule has 0 spiro atoms. The summed E-state index contributed by atoms with van der Waals surface area (Å²) in [6.45, 7) is 0.0225. The van der Waals surface area contributed by atoms with E-state index in [2.05, 4.69) is 26.6 Å². The van der Waals surface area contributed by atoms with Gasteiger partial charge in [0.05, 0.1) is 19.1 Å². The molecule has 30 heavy (non-hydrogen) atoms. The van der Waals surface area contributed by atoms with Gasteiger partial charge in [-0.05, 0) is 25.7 Å². The van der Waals surface area contributed by atoms with Gasteiger partial charge in [0.1, 0.15) is 6.04 Å². The summed E-state index contributed by atoms with van der Waals surface area (Å²) in [5.41, 5.74) is 15.5. The van der Waals surface area contributed by atoms with Crippen molar-refractivity contribution in [2.45, 2.75) is 37.8 Å². The van der Waals surface area contributed by atoms with Crippen LogP contribution in [0.2, 0.25) is 0 Å². The largest absolute Gasteiger partial charge is 0.370 e. The molecule has 14 heteroatoms. The normalized spacial score (nSPS) is 12.0. The van der Waals surface area contributed by atoms with Gasteiger partial charge in [0.25, 0.3) is 0 Å². The number of amides is 3. The van der Waals surface area contributed by atoms with Crippen molar-refractivity contribution in [1.82, 2.24) is 26.6 Å². The van der Waals surface area contributed by atoms with Gasteiger partial charge in [0.2, 0.25) is 24.0 Å². The third-order valence-corrected chi connectivity index (χ3v) is 3.71. The fourth-order valence-electron chi connectivity index (χ4n) is 2.26. The lowest BCUT2D eigenvalue weighted by Crippen LogP contribution is -2.52. The summed E-state index contributed by atoms with van der Waals surface area (Å²) in [7, 11) is 0. The lowest BCUT2D eigenvalue weighted by atomic mass is 10.1. The van der Waals surface area contributed by atoms with Crippen LogP contribution in [-0.4, -0.2) is 74.2 Å². The molecule has 1 radical (unpaired) electrons. The van der Waals surface area contributed by atoms with E-state index >= 15 is 0 Å². The molecular formula is C16H31N10O4. The molecule has 14 nitrogen and oxygen atoms in total. The van der Waals surface area contributed by atoms with E-state index < -0.39 is 29.8 Å². The molecular weight excluding hydrogens is 396 g/mol. The maximum Gasteiger partial charge on any atom is 0.243 e. The smallest absolute Gasteiger partial charge is 0.243 e. The minimum absolute atomic E-state index is 0.195. The molecule has 0 aliphatic rings. The van der Waals surface area contributed by atoms with Gasteiger partial charge in [-0.2, -0.15) is 0 Å². The first kappa shape index (κ1) is 26.6. The van der Waals surface area contributed by atoms with Crippen molar-refractivity contribution in [1.29, 1.82) is 10.8 Å². The molecule has 0 aromatic carbocycles. The summed E-state index contributed by atoms with van der Waals surface area (Å²) in [6.07, 6.45) is 3.02. The first-order valence-corrected chi connectivity index (χ1v) is 9.29. The first-order valence-electron chi connectivity index (χ1n) is 9.29. The van der Waals surface area contributed by atoms with Crippen LogP contribution in [0.5, 0.6) is 0 Å². The second-order valence-corrected chi connectivity index (χ2v) is 6.25. The van der Waals surface area contributed by atoms with Crippen LogP contribution < -0.4 is 43.8 Å². The van der Waals surface area contributed by atoms with Crippen LogP contribution >= 0.6 is 0 Å². The number of hydrogen-bond donors (Lipinski definition) is 10. The molecule has 0 bridgehead atoms. The quantitative estimate of drug-likeness (QED) is 0.0687. The molecule has 13 N–H and O–H groups in total. The Morgan fingerprint density at radius 2 is 1.43 bits per heavy atom. The Morgan fingerprint density at radius 1 is 0.867 bits per heavy atom. The Labute approximate surface area is 174 Å². The highest BCUT2D eigenvalue weighted by molar-refractivity contribution is 5.91. The Bertz CT molecular complexity index is 613. The third kappa shape index (κ3) is 13.7. The van der Waals surface area contributed by atoms with Crippen molar-refractivity contribution >= 4 is 35.9 Å². The van der Waals surface area contributed by atoms with Crippen LogP contribution in [0.15, 0.2) is 0 Å². The van der Waals surface area contributed by atoms with E-state index in [0.29, 0.717) is 25.9 Å². The second kappa shape index (κ2) is 15.5. The highest BCUT2D eigenvalue weighted by Crippen LogP contribution is 2.01. The molecule has 169 valence electrons. The summed E-state index contributed by atoms with van der Waals surface area (Å²) >= 11 is 0. The summed E-state index contributed by atoms with van der Waals surface area (Å²) in [5, 5.41) is 26.6. The van der Waals surface area contributed by atoms with E-state index in [-0.39, 0.29) is 37.9 Å². The topological polar surface area (TPSA) is 254 Å². The third-order valence-electron chi connectivity index (χ3n) is 3.71. The molecule has 0 unspecified atom stereocenters. The minimum Gasteiger partial charge on any atom is -0.370 e. The zero-order chi connectivity index (χ0) is 22.9. The average Bonchev–Trinajstić information content (AvgIpc) is 2.69. The number of nitrogens with two attached hydrogens (primary N) is 3. The van der Waals surface area contributed by atoms with E-state index in [1.165, 1.54) is 0 Å². The van der Waals surface area contributed by atoms with Crippen molar-refractivity contribution < 1.29 is 19.2 Å². The number of nitrogens with one attached hydrogen (secondary N) is 7. The van der Waals surface area contributed by atoms with Gasteiger partial charge in [-0.3, -0.25) is 30.0 Å². The highest BCUT2D eigenvalue weighted by Gasteiger charge is 2.23. The van der Waals surface area contributed by atoms with Crippen molar-refractivity contribution in [3.05, 3.63) is 0 Å². The maximum absolute atomic E-state index is 12.5. The lowest BCUT2D eigenvalue weighted by molar-refractivity contribution is -0.130. The van der Waals surface area contributed by atoms with Crippen LogP contribution in [0.3, 0.4) is 0 Å². The Balaban J connectivity index is 4.77. The number of hydrogen-bond acceptors (Lipinski definition) is 7. The fourth-order valence-corrected chi connectivity index (χ4v) is 2.26. The molecule has 0 aliphatic heterocycles. The van der Waals surface area contributed by atoms with Gasteiger partial charge in [0, 0.05) is 13.1 Å². The summed E-state index contributed by atoms with van der Waals surface area (Å²) in [5.74, 6) is -2.14. The zero-order valence-electron chi connectivity index (χ0n) is 16.7. The minimum atomic E-state index is -0.979. The molecule has 0 aliphatic carbocycles. The van der Waals surface area contributed by atoms with Crippen molar-refractivity contribution in [3.63, 3.8) is 0 Å². The number of guanidine groups is 2. The zero-order valence-corrected chi connectivity index (χ0v) is 16.7. The molecule has 3 amide bonds. The molecule has 0 fully saturated rings. The molecule has 0 heterocycles. The molecule has 0 aromatic rings. The van der Waals surface area contributed by atoms with Gasteiger partial charge >= 0.3 is 0 Å². The van der Waals surface area contributed by atoms with Gasteiger partial charge in [-0.15, -0.1) is 0 Å². The highest BCUT2D eigenvalue weighted by atomic mass is 16.2. The van der Waals surface area contributed by atoms with Crippen molar-refractivity contribution in [3.8, 4) is 0 Å². The van der Waals surface area contributed by atoms with Gasteiger partial charge in [-0.25, -0.2) is 0 Å². The Kier molecular flexibility index (Phi) is 13.7. The second-order valence-electron chi connectivity index (χ2n) is 6.25.